The Morgan fingerprint density at radius 2 is 2.03 bits per heavy atom. The third-order valence-corrected chi connectivity index (χ3v) is 6.90. The highest BCUT2D eigenvalue weighted by Crippen LogP contribution is 2.35. The molecule has 0 spiro atoms. The van der Waals surface area contributed by atoms with Gasteiger partial charge in [-0.15, -0.1) is 0 Å². The third-order valence-electron chi connectivity index (χ3n) is 6.62. The smallest absolute Gasteiger partial charge is 0.329 e. The molecule has 0 saturated carbocycles. The summed E-state index contributed by atoms with van der Waals surface area (Å²) >= 11 is 6.35. The number of piperidine rings is 1. The molecule has 2 aromatic heterocycles. The SMILES string of the molecule is C[C@@H](O)Cn1c(=O)n(CCC(C)(C)O)c2cc(Nc3nc(N4CCC(F)(F)[C@@H](C)C4)ncc3Cl)ccc21. The number of aliphatic hydroxyl groups is 2. The van der Waals surface area contributed by atoms with Crippen LogP contribution in [0.25, 0.3) is 11.0 Å². The van der Waals surface area contributed by atoms with Gasteiger partial charge in [0.2, 0.25) is 5.95 Å². The Morgan fingerprint density at radius 3 is 2.68 bits per heavy atom. The molecule has 3 heterocycles. The second kappa shape index (κ2) is 10.2. The van der Waals surface area contributed by atoms with Gasteiger partial charge in [0.25, 0.3) is 5.92 Å². The standard InChI is InChI=1S/C25H33ClF2N6O3/c1-15-13-32(9-8-25(15,27)28)22-29-12-18(26)21(31-22)30-17-5-6-19-20(11-17)33(10-7-24(3,4)37)23(36)34(19)14-16(2)35/h5-6,11-12,15-16,35,37H,7-10,13-14H2,1-4H3,(H,29,30,31)/t15-,16+/m0/s1. The highest BCUT2D eigenvalue weighted by Gasteiger charge is 2.41. The fourth-order valence-corrected chi connectivity index (χ4v) is 4.58. The maximum Gasteiger partial charge on any atom is 0.329 e. The maximum absolute atomic E-state index is 13.9. The Kier molecular flexibility index (Phi) is 7.51. The summed E-state index contributed by atoms with van der Waals surface area (Å²) in [4.78, 5) is 23.6. The number of aliphatic hydroxyl groups excluding tert-OH is 1. The van der Waals surface area contributed by atoms with Crippen LogP contribution in [0.1, 0.15) is 40.5 Å². The van der Waals surface area contributed by atoms with E-state index in [4.69, 9.17) is 11.6 Å². The Balaban J connectivity index is 1.66. The highest BCUT2D eigenvalue weighted by atomic mass is 35.5. The van der Waals surface area contributed by atoms with Crippen molar-refractivity contribution < 1.29 is 19.0 Å². The average molecular weight is 539 g/mol. The van der Waals surface area contributed by atoms with E-state index in [1.807, 2.05) is 0 Å². The molecule has 1 aliphatic heterocycles. The zero-order valence-corrected chi connectivity index (χ0v) is 22.1. The van der Waals surface area contributed by atoms with Gasteiger partial charge < -0.3 is 20.4 Å². The summed E-state index contributed by atoms with van der Waals surface area (Å²) in [5.41, 5.74) is 0.621. The summed E-state index contributed by atoms with van der Waals surface area (Å²) < 4.78 is 31.0. The van der Waals surface area contributed by atoms with Crippen molar-refractivity contribution in [1.29, 1.82) is 0 Å². The Labute approximate surface area is 218 Å². The van der Waals surface area contributed by atoms with Crippen LogP contribution in [0.3, 0.4) is 0 Å². The molecule has 0 amide bonds. The number of nitrogens with zero attached hydrogens (tertiary/aromatic N) is 5. The van der Waals surface area contributed by atoms with Crippen molar-refractivity contribution in [2.24, 2.45) is 5.92 Å². The van der Waals surface area contributed by atoms with Gasteiger partial charge in [-0.2, -0.15) is 4.98 Å². The van der Waals surface area contributed by atoms with Gasteiger partial charge in [0.05, 0.1) is 35.5 Å². The zero-order chi connectivity index (χ0) is 27.1. The van der Waals surface area contributed by atoms with Crippen molar-refractivity contribution in [3.63, 3.8) is 0 Å². The van der Waals surface area contributed by atoms with Crippen LogP contribution >= 0.6 is 11.6 Å². The number of benzene rings is 1. The molecule has 0 unspecified atom stereocenters. The van der Waals surface area contributed by atoms with Gasteiger partial charge in [0.15, 0.2) is 5.82 Å². The largest absolute Gasteiger partial charge is 0.392 e. The lowest BCUT2D eigenvalue weighted by atomic mass is 9.96. The van der Waals surface area contributed by atoms with Crippen LogP contribution in [-0.2, 0) is 13.1 Å². The highest BCUT2D eigenvalue weighted by molar-refractivity contribution is 6.32. The van der Waals surface area contributed by atoms with E-state index in [0.29, 0.717) is 34.9 Å². The first kappa shape index (κ1) is 27.3. The van der Waals surface area contributed by atoms with E-state index >= 15 is 0 Å². The lowest BCUT2D eigenvalue weighted by molar-refractivity contribution is -0.0653. The first-order valence-corrected chi connectivity index (χ1v) is 12.7. The molecule has 202 valence electrons. The van der Waals surface area contributed by atoms with Crippen molar-refractivity contribution in [2.75, 3.05) is 23.3 Å². The normalized spacial score (nSPS) is 18.8. The molecule has 0 aliphatic carbocycles. The predicted octanol–water partition coefficient (Wildman–Crippen LogP) is 4.01. The number of nitrogens with one attached hydrogen (secondary N) is 1. The van der Waals surface area contributed by atoms with Gasteiger partial charge in [-0.1, -0.05) is 18.5 Å². The average Bonchev–Trinajstić information content (AvgIpc) is 3.05. The molecule has 1 fully saturated rings. The Morgan fingerprint density at radius 1 is 1.30 bits per heavy atom. The summed E-state index contributed by atoms with van der Waals surface area (Å²) in [6.45, 7) is 7.16. The number of fused-ring (bicyclic) bond motifs is 1. The van der Waals surface area contributed by atoms with E-state index in [0.717, 1.165) is 0 Å². The van der Waals surface area contributed by atoms with E-state index < -0.39 is 23.5 Å². The fraction of sp³-hybridized carbons (Fsp3) is 0.560. The minimum atomic E-state index is -2.72. The molecular formula is C25H33ClF2N6O3. The third kappa shape index (κ3) is 6.05. The predicted molar refractivity (Wildman–Crippen MR) is 140 cm³/mol. The molecule has 12 heteroatoms. The molecule has 1 saturated heterocycles. The number of hydrogen-bond acceptors (Lipinski definition) is 7. The van der Waals surface area contributed by atoms with Gasteiger partial charge in [-0.3, -0.25) is 9.13 Å². The number of hydrogen-bond donors (Lipinski definition) is 3. The van der Waals surface area contributed by atoms with Gasteiger partial charge in [0.1, 0.15) is 5.02 Å². The quantitative estimate of drug-likeness (QED) is 0.397. The minimum Gasteiger partial charge on any atom is -0.392 e. The number of aryl methyl sites for hydroxylation is 1. The van der Waals surface area contributed by atoms with Crippen LogP contribution in [0, 0.1) is 5.92 Å². The van der Waals surface area contributed by atoms with Gasteiger partial charge in [-0.25, -0.2) is 18.6 Å². The Hall–Kier alpha value is -2.76. The Bertz CT molecular complexity index is 1330. The fourth-order valence-electron chi connectivity index (χ4n) is 4.44. The molecule has 0 radical (unpaired) electrons. The second-order valence-electron chi connectivity index (χ2n) is 10.5. The number of alkyl halides is 2. The summed E-state index contributed by atoms with van der Waals surface area (Å²) in [7, 11) is 0. The number of imidazole rings is 1. The number of anilines is 3. The molecule has 37 heavy (non-hydrogen) atoms. The van der Waals surface area contributed by atoms with Gasteiger partial charge >= 0.3 is 5.69 Å². The van der Waals surface area contributed by atoms with E-state index in [2.05, 4.69) is 15.3 Å². The van der Waals surface area contributed by atoms with Crippen LogP contribution in [0.5, 0.6) is 0 Å². The topological polar surface area (TPSA) is 108 Å². The molecule has 1 aromatic carbocycles. The molecule has 2 atom stereocenters. The first-order valence-electron chi connectivity index (χ1n) is 12.3. The number of aromatic nitrogens is 4. The van der Waals surface area contributed by atoms with Gasteiger partial charge in [0, 0.05) is 37.7 Å². The summed E-state index contributed by atoms with van der Waals surface area (Å²) in [5.74, 6) is -2.93. The van der Waals surface area contributed by atoms with E-state index in [9.17, 15) is 23.8 Å². The van der Waals surface area contributed by atoms with Crippen molar-refractivity contribution in [1.82, 2.24) is 19.1 Å². The monoisotopic (exact) mass is 538 g/mol. The zero-order valence-electron chi connectivity index (χ0n) is 21.4. The van der Waals surface area contributed by atoms with Crippen LogP contribution in [0.2, 0.25) is 5.02 Å². The number of rotatable bonds is 8. The second-order valence-corrected chi connectivity index (χ2v) is 10.9. The van der Waals surface area contributed by atoms with E-state index in [-0.39, 0.29) is 43.3 Å². The van der Waals surface area contributed by atoms with Gasteiger partial charge in [-0.05, 0) is 45.4 Å². The van der Waals surface area contributed by atoms with E-state index in [1.165, 1.54) is 17.7 Å². The molecule has 9 nitrogen and oxygen atoms in total. The molecule has 3 N–H and O–H groups in total. The lowest BCUT2D eigenvalue weighted by Gasteiger charge is -2.36. The molecule has 1 aliphatic rings. The molecular weight excluding hydrogens is 506 g/mol. The van der Waals surface area contributed by atoms with E-state index in [1.54, 1.807) is 48.4 Å². The summed E-state index contributed by atoms with van der Waals surface area (Å²) in [5, 5.41) is 23.5. The number of halogens is 3. The molecule has 3 aromatic rings. The van der Waals surface area contributed by atoms with Crippen molar-refractivity contribution >= 4 is 40.1 Å². The summed E-state index contributed by atoms with van der Waals surface area (Å²) in [6, 6.07) is 5.32. The molecule has 4 rings (SSSR count). The summed E-state index contributed by atoms with van der Waals surface area (Å²) in [6.07, 6.45) is 0.790. The van der Waals surface area contributed by atoms with Crippen LogP contribution < -0.4 is 15.9 Å². The van der Waals surface area contributed by atoms with Crippen molar-refractivity contribution in [3.05, 3.63) is 39.9 Å². The van der Waals surface area contributed by atoms with Crippen molar-refractivity contribution in [3.8, 4) is 0 Å². The first-order chi connectivity index (χ1) is 17.2. The van der Waals surface area contributed by atoms with Crippen molar-refractivity contribution in [2.45, 2.75) is 71.3 Å². The maximum atomic E-state index is 13.9. The lowest BCUT2D eigenvalue weighted by Crippen LogP contribution is -2.46. The van der Waals surface area contributed by atoms with Crippen LogP contribution in [0.4, 0.5) is 26.2 Å². The van der Waals surface area contributed by atoms with Crippen LogP contribution in [-0.4, -0.2) is 60.0 Å². The van der Waals surface area contributed by atoms with Crippen LogP contribution in [0.15, 0.2) is 29.2 Å². The minimum absolute atomic E-state index is 0.129. The molecule has 0 bridgehead atoms.